The Morgan fingerprint density at radius 2 is 1.90 bits per heavy atom. The summed E-state index contributed by atoms with van der Waals surface area (Å²) in [5.74, 6) is 0.399. The summed E-state index contributed by atoms with van der Waals surface area (Å²) in [5.41, 5.74) is 0.897. The van der Waals surface area contributed by atoms with Crippen LogP contribution in [0.1, 0.15) is 23.2 Å². The summed E-state index contributed by atoms with van der Waals surface area (Å²) in [5, 5.41) is 12.9. The molecule has 6 heteroatoms. The molecule has 2 N–H and O–H groups in total. The molecule has 1 heterocycles. The summed E-state index contributed by atoms with van der Waals surface area (Å²) in [6, 6.07) is 4.85. The van der Waals surface area contributed by atoms with E-state index in [0.29, 0.717) is 33.5 Å². The zero-order chi connectivity index (χ0) is 15.0. The minimum atomic E-state index is -0.133. The van der Waals surface area contributed by atoms with Crippen molar-refractivity contribution in [3.63, 3.8) is 0 Å². The van der Waals surface area contributed by atoms with Crippen molar-refractivity contribution in [1.82, 2.24) is 10.2 Å². The number of carbonyl (C=O) groups is 1. The highest BCUT2D eigenvalue weighted by atomic mass is 35.5. The molecule has 3 rings (SSSR count). The topological polar surface area (TPSA) is 52.6 Å². The fourth-order valence-corrected chi connectivity index (χ4v) is 4.12. The molecule has 2 fully saturated rings. The van der Waals surface area contributed by atoms with Crippen LogP contribution in [0.5, 0.6) is 0 Å². The average Bonchev–Trinajstić information content (AvgIpc) is 2.33. The number of rotatable bonds is 4. The third-order valence-electron chi connectivity index (χ3n) is 4.44. The molecule has 1 amide bonds. The van der Waals surface area contributed by atoms with Crippen LogP contribution in [0.25, 0.3) is 0 Å². The van der Waals surface area contributed by atoms with Gasteiger partial charge in [0.25, 0.3) is 5.91 Å². The van der Waals surface area contributed by atoms with Crippen molar-refractivity contribution in [2.45, 2.75) is 12.8 Å². The molecule has 0 atom stereocenters. The Bertz CT molecular complexity index is 530. The van der Waals surface area contributed by atoms with Crippen LogP contribution >= 0.6 is 23.2 Å². The number of nitrogens with zero attached hydrogens (tertiary/aromatic N) is 1. The van der Waals surface area contributed by atoms with E-state index in [1.807, 2.05) is 4.90 Å². The quantitative estimate of drug-likeness (QED) is 0.892. The number of likely N-dealkylation sites (tertiary alicyclic amines) is 1. The molecular weight excluding hydrogens is 311 g/mol. The van der Waals surface area contributed by atoms with Gasteiger partial charge >= 0.3 is 0 Å². The fourth-order valence-electron chi connectivity index (χ4n) is 3.59. The molecule has 114 valence electrons. The van der Waals surface area contributed by atoms with Crippen molar-refractivity contribution in [3.05, 3.63) is 33.8 Å². The summed E-state index contributed by atoms with van der Waals surface area (Å²) >= 11 is 11.8. The molecule has 2 aliphatic rings. The predicted molar refractivity (Wildman–Crippen MR) is 82.6 cm³/mol. The van der Waals surface area contributed by atoms with Crippen LogP contribution in [-0.4, -0.2) is 42.3 Å². The van der Waals surface area contributed by atoms with Gasteiger partial charge in [0, 0.05) is 35.2 Å². The van der Waals surface area contributed by atoms with Gasteiger partial charge in [-0.1, -0.05) is 23.2 Å². The molecule has 0 unspecified atom stereocenters. The first-order valence-electron chi connectivity index (χ1n) is 7.07. The lowest BCUT2D eigenvalue weighted by molar-refractivity contribution is -0.121. The highest BCUT2D eigenvalue weighted by Gasteiger charge is 2.51. The number of hydrogen-bond acceptors (Lipinski definition) is 3. The van der Waals surface area contributed by atoms with Gasteiger partial charge in [-0.05, 0) is 42.4 Å². The SMILES string of the molecule is O=C(NCC1CC2(C1)CN(CO)C2)c1cc(Cl)cc(Cl)c1. The Balaban J connectivity index is 1.45. The van der Waals surface area contributed by atoms with Gasteiger partial charge in [0.15, 0.2) is 0 Å². The smallest absolute Gasteiger partial charge is 0.251 e. The minimum absolute atomic E-state index is 0.133. The summed E-state index contributed by atoms with van der Waals surface area (Å²) < 4.78 is 0. The van der Waals surface area contributed by atoms with E-state index >= 15 is 0 Å². The van der Waals surface area contributed by atoms with Crippen LogP contribution in [0.4, 0.5) is 0 Å². The second-order valence-electron chi connectivity index (χ2n) is 6.27. The average molecular weight is 329 g/mol. The summed E-state index contributed by atoms with van der Waals surface area (Å²) in [4.78, 5) is 14.1. The lowest BCUT2D eigenvalue weighted by atomic mass is 9.58. The fraction of sp³-hybridized carbons (Fsp3) is 0.533. The first-order valence-corrected chi connectivity index (χ1v) is 7.83. The van der Waals surface area contributed by atoms with Gasteiger partial charge in [-0.3, -0.25) is 9.69 Å². The maximum absolute atomic E-state index is 12.1. The lowest BCUT2D eigenvalue weighted by Crippen LogP contribution is -2.63. The summed E-state index contributed by atoms with van der Waals surface area (Å²) in [7, 11) is 0. The Labute approximate surface area is 134 Å². The van der Waals surface area contributed by atoms with Gasteiger partial charge < -0.3 is 10.4 Å². The number of aliphatic hydroxyl groups excluding tert-OH is 1. The normalized spacial score (nSPS) is 20.9. The van der Waals surface area contributed by atoms with Crippen molar-refractivity contribution in [2.24, 2.45) is 11.3 Å². The van der Waals surface area contributed by atoms with Crippen molar-refractivity contribution in [2.75, 3.05) is 26.4 Å². The third-order valence-corrected chi connectivity index (χ3v) is 4.87. The Kier molecular flexibility index (Phi) is 4.14. The second kappa shape index (κ2) is 5.76. The van der Waals surface area contributed by atoms with E-state index in [1.54, 1.807) is 18.2 Å². The van der Waals surface area contributed by atoms with Crippen LogP contribution in [0, 0.1) is 11.3 Å². The Morgan fingerprint density at radius 1 is 1.29 bits per heavy atom. The first-order chi connectivity index (χ1) is 9.99. The van der Waals surface area contributed by atoms with Crippen LogP contribution in [0.3, 0.4) is 0 Å². The van der Waals surface area contributed by atoms with E-state index in [9.17, 15) is 4.79 Å². The molecular formula is C15H18Cl2N2O2. The zero-order valence-electron chi connectivity index (χ0n) is 11.6. The number of hydrogen-bond donors (Lipinski definition) is 2. The van der Waals surface area contributed by atoms with Crippen LogP contribution in [0.2, 0.25) is 10.0 Å². The Morgan fingerprint density at radius 3 is 2.48 bits per heavy atom. The number of amides is 1. The van der Waals surface area contributed by atoms with Gasteiger partial charge in [-0.2, -0.15) is 0 Å². The van der Waals surface area contributed by atoms with E-state index in [2.05, 4.69) is 5.32 Å². The molecule has 1 aliphatic carbocycles. The van der Waals surface area contributed by atoms with Gasteiger partial charge in [0.05, 0.1) is 6.73 Å². The number of halogens is 2. The highest BCUT2D eigenvalue weighted by Crippen LogP contribution is 2.51. The molecule has 1 aromatic rings. The standard InChI is InChI=1S/C15H18Cl2N2O2/c16-12-1-11(2-13(17)3-12)14(21)18-6-10-4-15(5-10)7-19(8-15)9-20/h1-3,10,20H,4-9H2,(H,18,21). The maximum Gasteiger partial charge on any atom is 0.251 e. The number of benzene rings is 1. The summed E-state index contributed by atoms with van der Waals surface area (Å²) in [6.45, 7) is 2.80. The van der Waals surface area contributed by atoms with Gasteiger partial charge in [0.2, 0.25) is 0 Å². The van der Waals surface area contributed by atoms with Crippen LogP contribution in [-0.2, 0) is 0 Å². The van der Waals surface area contributed by atoms with Crippen molar-refractivity contribution in [1.29, 1.82) is 0 Å². The molecule has 1 aliphatic heterocycles. The van der Waals surface area contributed by atoms with Crippen LogP contribution in [0.15, 0.2) is 18.2 Å². The second-order valence-corrected chi connectivity index (χ2v) is 7.14. The van der Waals surface area contributed by atoms with Gasteiger partial charge in [-0.25, -0.2) is 0 Å². The Hall–Kier alpha value is -0.810. The number of nitrogens with one attached hydrogen (secondary N) is 1. The molecule has 21 heavy (non-hydrogen) atoms. The largest absolute Gasteiger partial charge is 0.381 e. The molecule has 0 radical (unpaired) electrons. The third kappa shape index (κ3) is 3.19. The molecule has 1 aromatic carbocycles. The van der Waals surface area contributed by atoms with E-state index in [-0.39, 0.29) is 12.6 Å². The predicted octanol–water partition coefficient (Wildman–Crippen LogP) is 2.39. The molecule has 0 bridgehead atoms. The molecule has 0 aromatic heterocycles. The molecule has 4 nitrogen and oxygen atoms in total. The highest BCUT2D eigenvalue weighted by molar-refractivity contribution is 6.35. The zero-order valence-corrected chi connectivity index (χ0v) is 13.1. The number of carbonyl (C=O) groups excluding carboxylic acids is 1. The molecule has 1 spiro atoms. The number of aliphatic hydroxyl groups is 1. The van der Waals surface area contributed by atoms with Gasteiger partial charge in [-0.15, -0.1) is 0 Å². The van der Waals surface area contributed by atoms with Crippen molar-refractivity contribution >= 4 is 29.1 Å². The molecule has 1 saturated carbocycles. The minimum Gasteiger partial charge on any atom is -0.381 e. The lowest BCUT2D eigenvalue weighted by Gasteiger charge is -2.58. The van der Waals surface area contributed by atoms with E-state index in [1.165, 1.54) is 0 Å². The van der Waals surface area contributed by atoms with Crippen molar-refractivity contribution in [3.8, 4) is 0 Å². The van der Waals surface area contributed by atoms with E-state index in [0.717, 1.165) is 25.9 Å². The monoisotopic (exact) mass is 328 g/mol. The van der Waals surface area contributed by atoms with Crippen LogP contribution < -0.4 is 5.32 Å². The van der Waals surface area contributed by atoms with E-state index < -0.39 is 0 Å². The van der Waals surface area contributed by atoms with E-state index in [4.69, 9.17) is 28.3 Å². The maximum atomic E-state index is 12.1. The summed E-state index contributed by atoms with van der Waals surface area (Å²) in [6.07, 6.45) is 2.25. The molecule has 1 saturated heterocycles. The van der Waals surface area contributed by atoms with Gasteiger partial charge in [0.1, 0.15) is 0 Å². The van der Waals surface area contributed by atoms with Crippen molar-refractivity contribution < 1.29 is 9.90 Å². The first kappa shape index (κ1) is 15.1.